The SMILES string of the molecule is CCCCC/C=C\C/C=C\C/C=C\C/C=C\CCCCCCCC(=O)OC(CCCCCCCCCCCC)CC(=O)O. The summed E-state index contributed by atoms with van der Waals surface area (Å²) < 4.78 is 5.55. The van der Waals surface area contributed by atoms with Crippen molar-refractivity contribution < 1.29 is 19.4 Å². The van der Waals surface area contributed by atoms with Crippen molar-refractivity contribution in [3.05, 3.63) is 48.6 Å². The van der Waals surface area contributed by atoms with Crippen LogP contribution in [0, 0.1) is 0 Å². The summed E-state index contributed by atoms with van der Waals surface area (Å²) in [6.07, 6.45) is 45.5. The van der Waals surface area contributed by atoms with Crippen LogP contribution in [0.15, 0.2) is 48.6 Å². The third-order valence-corrected chi connectivity index (χ3v) is 7.79. The summed E-state index contributed by atoms with van der Waals surface area (Å²) in [7, 11) is 0. The molecule has 0 aromatic carbocycles. The third-order valence-electron chi connectivity index (χ3n) is 7.79. The molecule has 0 heterocycles. The average molecular weight is 601 g/mol. The fourth-order valence-electron chi connectivity index (χ4n) is 5.12. The maximum Gasteiger partial charge on any atom is 0.307 e. The van der Waals surface area contributed by atoms with Gasteiger partial charge in [0.25, 0.3) is 0 Å². The summed E-state index contributed by atoms with van der Waals surface area (Å²) in [5, 5.41) is 9.21. The smallest absolute Gasteiger partial charge is 0.307 e. The highest BCUT2D eigenvalue weighted by molar-refractivity contribution is 5.71. The first-order chi connectivity index (χ1) is 21.1. The second kappa shape index (κ2) is 34.4. The number of carbonyl (C=O) groups excluding carboxylic acids is 1. The largest absolute Gasteiger partial charge is 0.481 e. The summed E-state index contributed by atoms with van der Waals surface area (Å²) in [4.78, 5) is 23.5. The standard InChI is InChI=1S/C39H68O4/c1-3-5-7-9-11-13-15-16-17-18-19-20-21-22-23-24-25-27-29-31-33-35-39(42)43-37(36-38(40)41)34-32-30-28-26-14-12-10-8-6-4-2/h11,13,16-17,19-20,22-23,37H,3-10,12,14-15,18,21,24-36H2,1-2H3,(H,40,41)/b13-11-,17-16-,20-19-,23-22-. The molecule has 0 aromatic rings. The van der Waals surface area contributed by atoms with Crippen molar-refractivity contribution in [1.82, 2.24) is 0 Å². The maximum atomic E-state index is 12.3. The van der Waals surface area contributed by atoms with E-state index in [2.05, 4.69) is 62.5 Å². The molecule has 0 saturated heterocycles. The Morgan fingerprint density at radius 2 is 0.930 bits per heavy atom. The molecule has 1 N–H and O–H groups in total. The van der Waals surface area contributed by atoms with Gasteiger partial charge in [-0.1, -0.05) is 152 Å². The van der Waals surface area contributed by atoms with Crippen molar-refractivity contribution in [3.8, 4) is 0 Å². The molecule has 0 aliphatic rings. The van der Waals surface area contributed by atoms with E-state index in [-0.39, 0.29) is 12.4 Å². The van der Waals surface area contributed by atoms with Gasteiger partial charge in [0, 0.05) is 6.42 Å². The maximum absolute atomic E-state index is 12.3. The second-order valence-corrected chi connectivity index (χ2v) is 12.1. The number of hydrogen-bond donors (Lipinski definition) is 1. The molecule has 43 heavy (non-hydrogen) atoms. The van der Waals surface area contributed by atoms with Gasteiger partial charge in [0.1, 0.15) is 6.10 Å². The molecular formula is C39H68O4. The van der Waals surface area contributed by atoms with Gasteiger partial charge < -0.3 is 9.84 Å². The van der Waals surface area contributed by atoms with Crippen molar-refractivity contribution >= 4 is 11.9 Å². The number of ether oxygens (including phenoxy) is 1. The van der Waals surface area contributed by atoms with Gasteiger partial charge in [-0.25, -0.2) is 0 Å². The van der Waals surface area contributed by atoms with Gasteiger partial charge in [-0.05, 0) is 64.2 Å². The molecule has 0 radical (unpaired) electrons. The van der Waals surface area contributed by atoms with Crippen LogP contribution >= 0.6 is 0 Å². The fraction of sp³-hybridized carbons (Fsp3) is 0.744. The predicted octanol–water partition coefficient (Wildman–Crippen LogP) is 12.4. The van der Waals surface area contributed by atoms with Crippen LogP contribution in [0.25, 0.3) is 0 Å². The molecular weight excluding hydrogens is 532 g/mol. The molecule has 0 fully saturated rings. The van der Waals surface area contributed by atoms with Crippen LogP contribution in [0.3, 0.4) is 0 Å². The van der Waals surface area contributed by atoms with E-state index < -0.39 is 12.1 Å². The highest BCUT2D eigenvalue weighted by Crippen LogP contribution is 2.16. The highest BCUT2D eigenvalue weighted by atomic mass is 16.5. The molecule has 248 valence electrons. The monoisotopic (exact) mass is 601 g/mol. The summed E-state index contributed by atoms with van der Waals surface area (Å²) in [6.45, 7) is 4.49. The lowest BCUT2D eigenvalue weighted by atomic mass is 10.0. The first-order valence-corrected chi connectivity index (χ1v) is 18.1. The number of carbonyl (C=O) groups is 2. The molecule has 4 heteroatoms. The zero-order valence-corrected chi connectivity index (χ0v) is 28.3. The van der Waals surface area contributed by atoms with E-state index >= 15 is 0 Å². The van der Waals surface area contributed by atoms with E-state index in [9.17, 15) is 14.7 Å². The minimum atomic E-state index is -0.890. The Bertz CT molecular complexity index is 734. The molecule has 0 rings (SSSR count). The van der Waals surface area contributed by atoms with E-state index in [0.717, 1.165) is 57.8 Å². The Morgan fingerprint density at radius 1 is 0.535 bits per heavy atom. The van der Waals surface area contributed by atoms with Gasteiger partial charge in [0.15, 0.2) is 0 Å². The molecule has 0 amide bonds. The molecule has 0 aliphatic carbocycles. The summed E-state index contributed by atoms with van der Waals surface area (Å²) in [6, 6.07) is 0. The zero-order valence-electron chi connectivity index (χ0n) is 28.3. The van der Waals surface area contributed by atoms with Gasteiger partial charge in [0.2, 0.25) is 0 Å². The molecule has 0 saturated carbocycles. The Hall–Kier alpha value is -2.10. The number of esters is 1. The molecule has 4 nitrogen and oxygen atoms in total. The minimum Gasteiger partial charge on any atom is -0.481 e. The third kappa shape index (κ3) is 34.3. The van der Waals surface area contributed by atoms with E-state index in [4.69, 9.17) is 4.74 Å². The van der Waals surface area contributed by atoms with Crippen molar-refractivity contribution in [2.45, 2.75) is 187 Å². The van der Waals surface area contributed by atoms with Crippen LogP contribution in [-0.2, 0) is 14.3 Å². The lowest BCUT2D eigenvalue weighted by Crippen LogP contribution is -2.21. The lowest BCUT2D eigenvalue weighted by Gasteiger charge is -2.16. The van der Waals surface area contributed by atoms with Crippen LogP contribution in [0.1, 0.15) is 181 Å². The number of aliphatic carboxylic acids is 1. The first kappa shape index (κ1) is 40.9. The van der Waals surface area contributed by atoms with E-state index in [0.29, 0.717) is 12.8 Å². The van der Waals surface area contributed by atoms with Gasteiger partial charge >= 0.3 is 11.9 Å². The summed E-state index contributed by atoms with van der Waals surface area (Å²) in [5.41, 5.74) is 0. The summed E-state index contributed by atoms with van der Waals surface area (Å²) in [5.74, 6) is -1.13. The number of hydrogen-bond acceptors (Lipinski definition) is 3. The molecule has 0 spiro atoms. The van der Waals surface area contributed by atoms with Crippen LogP contribution in [0.2, 0.25) is 0 Å². The minimum absolute atomic E-state index is 0.0827. The number of unbranched alkanes of at least 4 members (excludes halogenated alkanes) is 17. The van der Waals surface area contributed by atoms with Crippen LogP contribution in [-0.4, -0.2) is 23.1 Å². The van der Waals surface area contributed by atoms with Gasteiger partial charge in [-0.2, -0.15) is 0 Å². The van der Waals surface area contributed by atoms with Crippen LogP contribution in [0.4, 0.5) is 0 Å². The van der Waals surface area contributed by atoms with E-state index in [1.807, 2.05) is 0 Å². The lowest BCUT2D eigenvalue weighted by molar-refractivity contribution is -0.153. The van der Waals surface area contributed by atoms with Gasteiger partial charge in [-0.3, -0.25) is 9.59 Å². The first-order valence-electron chi connectivity index (χ1n) is 18.1. The number of carboxylic acids is 1. The Labute approximate surface area is 266 Å². The predicted molar refractivity (Wildman–Crippen MR) is 185 cm³/mol. The average Bonchev–Trinajstić information content (AvgIpc) is 2.98. The quantitative estimate of drug-likeness (QED) is 0.0474. The second-order valence-electron chi connectivity index (χ2n) is 12.1. The summed E-state index contributed by atoms with van der Waals surface area (Å²) >= 11 is 0. The molecule has 0 bridgehead atoms. The number of rotatable bonds is 32. The van der Waals surface area contributed by atoms with Crippen LogP contribution in [0.5, 0.6) is 0 Å². The van der Waals surface area contributed by atoms with Crippen molar-refractivity contribution in [2.24, 2.45) is 0 Å². The zero-order chi connectivity index (χ0) is 31.5. The number of carboxylic acid groups (broad SMARTS) is 1. The normalized spacial score (nSPS) is 12.8. The van der Waals surface area contributed by atoms with Crippen molar-refractivity contribution in [1.29, 1.82) is 0 Å². The Balaban J connectivity index is 3.72. The van der Waals surface area contributed by atoms with Crippen molar-refractivity contribution in [3.63, 3.8) is 0 Å². The van der Waals surface area contributed by atoms with E-state index in [1.165, 1.54) is 89.9 Å². The fourth-order valence-corrected chi connectivity index (χ4v) is 5.12. The van der Waals surface area contributed by atoms with Gasteiger partial charge in [0.05, 0.1) is 6.42 Å². The molecule has 1 atom stereocenters. The van der Waals surface area contributed by atoms with Gasteiger partial charge in [-0.15, -0.1) is 0 Å². The van der Waals surface area contributed by atoms with E-state index in [1.54, 1.807) is 0 Å². The molecule has 0 aliphatic heterocycles. The Kier molecular flexibility index (Phi) is 32.7. The molecule has 0 aromatic heterocycles. The Morgan fingerprint density at radius 3 is 1.44 bits per heavy atom. The topological polar surface area (TPSA) is 63.6 Å². The number of allylic oxidation sites excluding steroid dienone is 8. The van der Waals surface area contributed by atoms with Crippen molar-refractivity contribution in [2.75, 3.05) is 0 Å². The molecule has 1 unspecified atom stereocenters. The highest BCUT2D eigenvalue weighted by Gasteiger charge is 2.17. The van der Waals surface area contributed by atoms with Crippen LogP contribution < -0.4 is 0 Å².